The van der Waals surface area contributed by atoms with Crippen LogP contribution in [0.25, 0.3) is 11.3 Å². The largest absolute Gasteiger partial charge is 0.317 e. The number of hydrogen-bond donors (Lipinski definition) is 1. The van der Waals surface area contributed by atoms with Gasteiger partial charge in [-0.05, 0) is 18.6 Å². The number of aromatic nitrogens is 4. The van der Waals surface area contributed by atoms with Gasteiger partial charge in [-0.15, -0.1) is 0 Å². The van der Waals surface area contributed by atoms with Gasteiger partial charge < -0.3 is 10.6 Å². The molecule has 1 aliphatic heterocycles. The maximum absolute atomic E-state index is 13.8. The number of alkyl halides is 2. The molecule has 174 valence electrons. The lowest BCUT2D eigenvalue weighted by Crippen LogP contribution is -2.44. The van der Waals surface area contributed by atoms with Crippen LogP contribution in [0.4, 0.5) is 22.0 Å². The highest BCUT2D eigenvalue weighted by atomic mass is 19.3. The van der Waals surface area contributed by atoms with Crippen LogP contribution in [0.5, 0.6) is 0 Å². The second-order valence-electron chi connectivity index (χ2n) is 8.37. The number of benzene rings is 1. The number of nitrogens with two attached hydrogens (primary N) is 1. The zero-order valence-corrected chi connectivity index (χ0v) is 17.6. The minimum Gasteiger partial charge on any atom is -0.317 e. The fourth-order valence-corrected chi connectivity index (χ4v) is 4.56. The molecule has 0 bridgehead atoms. The van der Waals surface area contributed by atoms with Crippen LogP contribution in [0.15, 0.2) is 18.3 Å². The topological polar surface area (TPSA) is 82.0 Å². The van der Waals surface area contributed by atoms with Gasteiger partial charge in [-0.3, -0.25) is 14.2 Å². The van der Waals surface area contributed by atoms with Crippen molar-refractivity contribution in [2.75, 3.05) is 6.54 Å². The molecule has 12 heteroatoms. The minimum absolute atomic E-state index is 0.0532. The third kappa shape index (κ3) is 3.23. The third-order valence-electron chi connectivity index (χ3n) is 6.28. The second kappa shape index (κ2) is 7.11. The average molecular weight is 466 g/mol. The first-order valence-corrected chi connectivity index (χ1v) is 10.2. The molecule has 1 amide bonds. The highest BCUT2D eigenvalue weighted by Gasteiger charge is 2.60. The van der Waals surface area contributed by atoms with Gasteiger partial charge in [0, 0.05) is 38.2 Å². The molecule has 0 spiro atoms. The minimum atomic E-state index is -2.88. The predicted molar refractivity (Wildman–Crippen MR) is 106 cm³/mol. The van der Waals surface area contributed by atoms with Gasteiger partial charge in [-0.1, -0.05) is 0 Å². The summed E-state index contributed by atoms with van der Waals surface area (Å²) in [6.07, 6.45) is 0.122. The van der Waals surface area contributed by atoms with Crippen LogP contribution in [0, 0.1) is 17.5 Å². The predicted octanol–water partition coefficient (Wildman–Crippen LogP) is 3.02. The smallest absolute Gasteiger partial charge is 0.258 e. The molecule has 7 nitrogen and oxygen atoms in total. The molecule has 2 aromatic heterocycles. The number of carbonyl (C=O) groups excluding carboxylic acids is 1. The molecule has 2 N–H and O–H groups in total. The van der Waals surface area contributed by atoms with Gasteiger partial charge in [0.2, 0.25) is 0 Å². The highest BCUT2D eigenvalue weighted by molar-refractivity contribution is 5.96. The number of amides is 1. The van der Waals surface area contributed by atoms with E-state index in [1.807, 2.05) is 0 Å². The van der Waals surface area contributed by atoms with E-state index in [-0.39, 0.29) is 36.2 Å². The molecule has 2 aliphatic rings. The van der Waals surface area contributed by atoms with Crippen LogP contribution < -0.4 is 5.73 Å². The molecule has 2 atom stereocenters. The molecule has 1 aliphatic carbocycles. The van der Waals surface area contributed by atoms with E-state index < -0.39 is 41.4 Å². The summed E-state index contributed by atoms with van der Waals surface area (Å²) in [5.74, 6) is -8.75. The number of halogens is 5. The van der Waals surface area contributed by atoms with Crippen LogP contribution >= 0.6 is 0 Å². The van der Waals surface area contributed by atoms with Gasteiger partial charge in [-0.2, -0.15) is 10.2 Å². The van der Waals surface area contributed by atoms with E-state index >= 15 is 0 Å². The van der Waals surface area contributed by atoms with Crippen molar-refractivity contribution in [3.05, 3.63) is 58.3 Å². The fourth-order valence-electron chi connectivity index (χ4n) is 4.56. The molecule has 0 radical (unpaired) electrons. The van der Waals surface area contributed by atoms with E-state index in [0.29, 0.717) is 17.0 Å². The number of rotatable bonds is 3. The van der Waals surface area contributed by atoms with Crippen LogP contribution in [0.1, 0.15) is 45.8 Å². The zero-order chi connectivity index (χ0) is 23.8. The maximum Gasteiger partial charge on any atom is 0.258 e. The Kier molecular flexibility index (Phi) is 4.64. The first kappa shape index (κ1) is 21.6. The van der Waals surface area contributed by atoms with Crippen molar-refractivity contribution in [1.82, 2.24) is 24.5 Å². The number of fused-ring (bicyclic) bond motifs is 1. The Morgan fingerprint density at radius 1 is 1.15 bits per heavy atom. The summed E-state index contributed by atoms with van der Waals surface area (Å²) in [6.45, 7) is 0.118. The Morgan fingerprint density at radius 3 is 2.39 bits per heavy atom. The Hall–Kier alpha value is -3.28. The lowest BCUT2D eigenvalue weighted by Gasteiger charge is -2.32. The highest BCUT2D eigenvalue weighted by Crippen LogP contribution is 2.56. The molecule has 1 aromatic carbocycles. The Morgan fingerprint density at radius 2 is 1.79 bits per heavy atom. The van der Waals surface area contributed by atoms with E-state index in [0.717, 1.165) is 12.1 Å². The van der Waals surface area contributed by atoms with Gasteiger partial charge >= 0.3 is 0 Å². The molecule has 1 saturated carbocycles. The zero-order valence-electron chi connectivity index (χ0n) is 17.6. The van der Waals surface area contributed by atoms with E-state index in [2.05, 4.69) is 10.2 Å². The van der Waals surface area contributed by atoms with Crippen LogP contribution in [-0.4, -0.2) is 42.8 Å². The number of aryl methyl sites for hydroxylation is 2. The Balaban J connectivity index is 1.50. The van der Waals surface area contributed by atoms with Gasteiger partial charge in [0.15, 0.2) is 17.5 Å². The SMILES string of the molecule is Cn1nc2c(c1-c1cc(F)c(F)c(F)c1)CCN(C(=O)c1cnn(C)c1[C@@H]1CC1(F)F)[C@H]2N. The van der Waals surface area contributed by atoms with Crippen molar-refractivity contribution in [3.63, 3.8) is 0 Å². The van der Waals surface area contributed by atoms with Crippen molar-refractivity contribution in [2.45, 2.75) is 30.8 Å². The van der Waals surface area contributed by atoms with Crippen molar-refractivity contribution in [1.29, 1.82) is 0 Å². The average Bonchev–Trinajstić information content (AvgIpc) is 3.06. The van der Waals surface area contributed by atoms with Crippen LogP contribution in [-0.2, 0) is 20.5 Å². The van der Waals surface area contributed by atoms with Gasteiger partial charge in [-0.25, -0.2) is 22.0 Å². The Bertz CT molecular complexity index is 1280. The number of hydrogen-bond acceptors (Lipinski definition) is 4. The molecular weight excluding hydrogens is 447 g/mol. The van der Waals surface area contributed by atoms with Gasteiger partial charge in [0.1, 0.15) is 11.9 Å². The molecule has 3 aromatic rings. The van der Waals surface area contributed by atoms with Crippen molar-refractivity contribution in [3.8, 4) is 11.3 Å². The summed E-state index contributed by atoms with van der Waals surface area (Å²) < 4.78 is 71.1. The number of carbonyl (C=O) groups is 1. The second-order valence-corrected chi connectivity index (χ2v) is 8.37. The third-order valence-corrected chi connectivity index (χ3v) is 6.28. The van der Waals surface area contributed by atoms with Crippen molar-refractivity contribution < 1.29 is 26.7 Å². The summed E-state index contributed by atoms with van der Waals surface area (Å²) in [5, 5.41) is 8.32. The normalized spacial score (nSPS) is 21.3. The van der Waals surface area contributed by atoms with Crippen LogP contribution in [0.2, 0.25) is 0 Å². The first-order chi connectivity index (χ1) is 15.5. The van der Waals surface area contributed by atoms with Crippen molar-refractivity contribution >= 4 is 5.91 Å². The van der Waals surface area contributed by atoms with E-state index in [1.165, 1.54) is 27.5 Å². The summed E-state index contributed by atoms with van der Waals surface area (Å²) in [5.41, 5.74) is 7.84. The van der Waals surface area contributed by atoms with E-state index in [9.17, 15) is 26.7 Å². The molecule has 33 heavy (non-hydrogen) atoms. The summed E-state index contributed by atoms with van der Waals surface area (Å²) in [4.78, 5) is 14.6. The lowest BCUT2D eigenvalue weighted by molar-refractivity contribution is 0.0659. The molecule has 0 unspecified atom stereocenters. The Labute approximate surface area is 184 Å². The van der Waals surface area contributed by atoms with E-state index in [1.54, 1.807) is 7.05 Å². The lowest BCUT2D eigenvalue weighted by atomic mass is 9.97. The first-order valence-electron chi connectivity index (χ1n) is 10.2. The van der Waals surface area contributed by atoms with E-state index in [4.69, 9.17) is 5.73 Å². The molecule has 3 heterocycles. The fraction of sp³-hybridized carbons (Fsp3) is 0.381. The molecule has 1 fully saturated rings. The molecule has 0 saturated heterocycles. The summed E-state index contributed by atoms with van der Waals surface area (Å²) in [6, 6.07) is 1.74. The number of nitrogens with zero attached hydrogens (tertiary/aromatic N) is 5. The summed E-state index contributed by atoms with van der Waals surface area (Å²) >= 11 is 0. The maximum atomic E-state index is 13.8. The van der Waals surface area contributed by atoms with Gasteiger partial charge in [0.25, 0.3) is 11.8 Å². The molecule has 5 rings (SSSR count). The monoisotopic (exact) mass is 466 g/mol. The quantitative estimate of drug-likeness (QED) is 0.475. The van der Waals surface area contributed by atoms with Crippen LogP contribution in [0.3, 0.4) is 0 Å². The standard InChI is InChI=1S/C21H19F5N6O/c1-30-18(12-7-21(12,25)26)11(8-28-30)20(33)32-4-3-10-16(19(32)27)29-31(2)17(10)9-5-13(22)15(24)14(23)6-9/h5-6,8,12,19H,3-4,7,27H2,1-2H3/t12-,19+/m0/s1. The van der Waals surface area contributed by atoms with Crippen molar-refractivity contribution in [2.24, 2.45) is 19.8 Å². The molecular formula is C21H19F5N6O. The summed E-state index contributed by atoms with van der Waals surface area (Å²) in [7, 11) is 3.04. The van der Waals surface area contributed by atoms with Gasteiger partial charge in [0.05, 0.1) is 29.1 Å².